The Balaban J connectivity index is 1.54. The third-order valence-corrected chi connectivity index (χ3v) is 6.67. The lowest BCUT2D eigenvalue weighted by molar-refractivity contribution is 0.409. The van der Waals surface area contributed by atoms with Crippen molar-refractivity contribution in [3.63, 3.8) is 0 Å². The zero-order valence-electron chi connectivity index (χ0n) is 19.2. The van der Waals surface area contributed by atoms with Crippen molar-refractivity contribution in [3.05, 3.63) is 101 Å². The second-order valence-corrected chi connectivity index (χ2v) is 10.7. The molecule has 184 valence electrons. The standard InChI is InChI=1S/C26H22ClFN4O3S/c1-36(33,34)31-22-3-2-4-23-21(22)15-16-32(23)24(14-7-17-5-10-19(27)11-6-17)26-30-29-25(35-26)18-8-12-20(28)13-9-18/h2-6,8-13,15-16,24,31H,7,14H2,1H3. The third-order valence-electron chi connectivity index (χ3n) is 5.83. The topological polar surface area (TPSA) is 90.0 Å². The number of hydrogen-bond donors (Lipinski definition) is 1. The fourth-order valence-electron chi connectivity index (χ4n) is 4.16. The monoisotopic (exact) mass is 524 g/mol. The Morgan fingerprint density at radius 1 is 1.03 bits per heavy atom. The SMILES string of the molecule is CS(=O)(=O)Nc1cccc2c1ccn2C(CCc1ccc(Cl)cc1)c1nnc(-c2ccc(F)cc2)o1. The first-order valence-electron chi connectivity index (χ1n) is 11.2. The number of nitrogens with zero attached hydrogens (tertiary/aromatic N) is 3. The molecule has 0 fully saturated rings. The Morgan fingerprint density at radius 2 is 1.78 bits per heavy atom. The predicted octanol–water partition coefficient (Wildman–Crippen LogP) is 6.08. The zero-order chi connectivity index (χ0) is 25.3. The number of rotatable bonds is 8. The van der Waals surface area contributed by atoms with E-state index in [9.17, 15) is 12.8 Å². The largest absolute Gasteiger partial charge is 0.418 e. The van der Waals surface area contributed by atoms with Crippen molar-refractivity contribution < 1.29 is 17.2 Å². The molecule has 0 radical (unpaired) electrons. The van der Waals surface area contributed by atoms with Gasteiger partial charge < -0.3 is 8.98 Å². The Morgan fingerprint density at radius 3 is 2.50 bits per heavy atom. The van der Waals surface area contributed by atoms with Gasteiger partial charge in [0.1, 0.15) is 11.9 Å². The van der Waals surface area contributed by atoms with E-state index in [1.807, 2.05) is 47.2 Å². The van der Waals surface area contributed by atoms with Crippen LogP contribution >= 0.6 is 11.6 Å². The summed E-state index contributed by atoms with van der Waals surface area (Å²) in [5.74, 6) is 0.330. The molecule has 5 aromatic rings. The van der Waals surface area contributed by atoms with Gasteiger partial charge in [-0.25, -0.2) is 12.8 Å². The van der Waals surface area contributed by atoms with Gasteiger partial charge in [0.05, 0.1) is 17.5 Å². The molecule has 3 aromatic carbocycles. The van der Waals surface area contributed by atoms with E-state index in [4.69, 9.17) is 16.0 Å². The third kappa shape index (κ3) is 5.27. The van der Waals surface area contributed by atoms with Crippen molar-refractivity contribution in [2.45, 2.75) is 18.9 Å². The number of nitrogens with one attached hydrogen (secondary N) is 1. The lowest BCUT2D eigenvalue weighted by atomic mass is 10.0. The minimum absolute atomic E-state index is 0.289. The summed E-state index contributed by atoms with van der Waals surface area (Å²) in [6.07, 6.45) is 4.33. The summed E-state index contributed by atoms with van der Waals surface area (Å²) in [4.78, 5) is 0. The maximum Gasteiger partial charge on any atom is 0.247 e. The number of halogens is 2. The average Bonchev–Trinajstić information content (AvgIpc) is 3.49. The first-order valence-corrected chi connectivity index (χ1v) is 13.4. The molecular formula is C26H22ClFN4O3S. The summed E-state index contributed by atoms with van der Waals surface area (Å²) >= 11 is 6.04. The van der Waals surface area contributed by atoms with Crippen LogP contribution < -0.4 is 4.72 Å². The van der Waals surface area contributed by atoms with Gasteiger partial charge in [0.2, 0.25) is 21.8 Å². The molecule has 0 aliphatic rings. The van der Waals surface area contributed by atoms with Gasteiger partial charge in [0.25, 0.3) is 0 Å². The summed E-state index contributed by atoms with van der Waals surface area (Å²) in [7, 11) is -3.45. The van der Waals surface area contributed by atoms with Crippen LogP contribution in [0, 0.1) is 5.82 Å². The van der Waals surface area contributed by atoms with Gasteiger partial charge >= 0.3 is 0 Å². The molecule has 0 amide bonds. The van der Waals surface area contributed by atoms with Gasteiger partial charge in [-0.15, -0.1) is 10.2 Å². The van der Waals surface area contributed by atoms with Gasteiger partial charge in [-0.2, -0.15) is 0 Å². The number of benzene rings is 3. The van der Waals surface area contributed by atoms with E-state index >= 15 is 0 Å². The highest BCUT2D eigenvalue weighted by Gasteiger charge is 2.23. The zero-order valence-corrected chi connectivity index (χ0v) is 20.8. The van der Waals surface area contributed by atoms with Crippen molar-refractivity contribution in [1.82, 2.24) is 14.8 Å². The molecule has 0 aliphatic carbocycles. The molecule has 1 unspecified atom stereocenters. The smallest absolute Gasteiger partial charge is 0.247 e. The van der Waals surface area contributed by atoms with Gasteiger partial charge in [-0.3, -0.25) is 4.72 Å². The fraction of sp³-hybridized carbons (Fsp3) is 0.154. The van der Waals surface area contributed by atoms with Crippen molar-refractivity contribution in [1.29, 1.82) is 0 Å². The molecule has 1 N–H and O–H groups in total. The van der Waals surface area contributed by atoms with Crippen LogP contribution in [0.5, 0.6) is 0 Å². The normalized spacial score (nSPS) is 12.6. The van der Waals surface area contributed by atoms with E-state index in [-0.39, 0.29) is 17.7 Å². The van der Waals surface area contributed by atoms with E-state index in [1.165, 1.54) is 12.1 Å². The molecule has 36 heavy (non-hydrogen) atoms. The van der Waals surface area contributed by atoms with Gasteiger partial charge in [0.15, 0.2) is 0 Å². The van der Waals surface area contributed by atoms with Crippen LogP contribution in [0.3, 0.4) is 0 Å². The molecule has 2 aromatic heterocycles. The minimum Gasteiger partial charge on any atom is -0.418 e. The molecule has 7 nitrogen and oxygen atoms in total. The molecule has 0 bridgehead atoms. The minimum atomic E-state index is -3.45. The van der Waals surface area contributed by atoms with Crippen molar-refractivity contribution in [2.75, 3.05) is 11.0 Å². The second-order valence-electron chi connectivity index (χ2n) is 8.47. The van der Waals surface area contributed by atoms with E-state index in [0.717, 1.165) is 22.7 Å². The molecular weight excluding hydrogens is 503 g/mol. The second kappa shape index (κ2) is 9.75. The maximum atomic E-state index is 13.4. The number of fused-ring (bicyclic) bond motifs is 1. The maximum absolute atomic E-state index is 13.4. The lowest BCUT2D eigenvalue weighted by Crippen LogP contribution is -2.12. The molecule has 0 saturated heterocycles. The summed E-state index contributed by atoms with van der Waals surface area (Å²) in [5.41, 5.74) is 3.01. The Kier molecular flexibility index (Phi) is 6.51. The highest BCUT2D eigenvalue weighted by Crippen LogP contribution is 2.33. The van der Waals surface area contributed by atoms with Crippen LogP contribution in [0.1, 0.15) is 23.9 Å². The Bertz CT molecular complexity index is 1610. The number of aryl methyl sites for hydroxylation is 1. The van der Waals surface area contributed by atoms with Crippen LogP contribution in [-0.2, 0) is 16.4 Å². The Labute approximate surface area is 212 Å². The average molecular weight is 525 g/mol. The van der Waals surface area contributed by atoms with Crippen molar-refractivity contribution in [2.24, 2.45) is 0 Å². The van der Waals surface area contributed by atoms with E-state index in [2.05, 4.69) is 14.9 Å². The first kappa shape index (κ1) is 24.0. The van der Waals surface area contributed by atoms with Crippen molar-refractivity contribution in [3.8, 4) is 11.5 Å². The quantitative estimate of drug-likeness (QED) is 0.266. The van der Waals surface area contributed by atoms with Crippen LogP contribution in [-0.4, -0.2) is 29.4 Å². The Hall–Kier alpha value is -3.69. The molecule has 0 spiro atoms. The fourth-order valence-corrected chi connectivity index (χ4v) is 4.87. The van der Waals surface area contributed by atoms with E-state index in [0.29, 0.717) is 35.0 Å². The molecule has 5 rings (SSSR count). The highest BCUT2D eigenvalue weighted by atomic mass is 35.5. The van der Waals surface area contributed by atoms with Crippen molar-refractivity contribution >= 4 is 38.2 Å². The lowest BCUT2D eigenvalue weighted by Gasteiger charge is -2.17. The molecule has 2 heterocycles. The number of anilines is 1. The molecule has 0 saturated carbocycles. The number of hydrogen-bond acceptors (Lipinski definition) is 5. The summed E-state index contributed by atoms with van der Waals surface area (Å²) < 4.78 is 47.7. The number of sulfonamides is 1. The van der Waals surface area contributed by atoms with Gasteiger partial charge in [-0.1, -0.05) is 29.8 Å². The van der Waals surface area contributed by atoms with E-state index in [1.54, 1.807) is 24.3 Å². The van der Waals surface area contributed by atoms with Crippen LogP contribution in [0.15, 0.2) is 83.4 Å². The first-order chi connectivity index (χ1) is 17.3. The van der Waals surface area contributed by atoms with E-state index < -0.39 is 10.0 Å². The van der Waals surface area contributed by atoms with Gasteiger partial charge in [0, 0.05) is 22.2 Å². The van der Waals surface area contributed by atoms with Crippen LogP contribution in [0.4, 0.5) is 10.1 Å². The summed E-state index contributed by atoms with van der Waals surface area (Å²) in [6.45, 7) is 0. The predicted molar refractivity (Wildman–Crippen MR) is 138 cm³/mol. The molecule has 0 aliphatic heterocycles. The molecule has 1 atom stereocenters. The molecule has 10 heteroatoms. The number of aromatic nitrogens is 3. The summed E-state index contributed by atoms with van der Waals surface area (Å²) in [5, 5.41) is 9.93. The van der Waals surface area contributed by atoms with Gasteiger partial charge in [-0.05, 0) is 73.0 Å². The highest BCUT2D eigenvalue weighted by molar-refractivity contribution is 7.92. The van der Waals surface area contributed by atoms with Crippen LogP contribution in [0.25, 0.3) is 22.4 Å². The van der Waals surface area contributed by atoms with Crippen LogP contribution in [0.2, 0.25) is 5.02 Å². The summed E-state index contributed by atoms with van der Waals surface area (Å²) in [6, 6.07) is 20.4.